The predicted octanol–water partition coefficient (Wildman–Crippen LogP) is 4.12. The van der Waals surface area contributed by atoms with Gasteiger partial charge in [0.1, 0.15) is 0 Å². The third-order valence-electron chi connectivity index (χ3n) is 5.83. The standard InChI is InChI=1S/C23H22ClIN4O/c24-18-6-4-16(5-7-18)14-29-22(30)20-15-27(13-17-2-1-3-19(25)12-17)10-8-21(20)28-11-9-26-23(28)29/h1-7,12H,8-11,13-15H2. The Morgan fingerprint density at radius 2 is 1.87 bits per heavy atom. The van der Waals surface area contributed by atoms with E-state index >= 15 is 0 Å². The zero-order chi connectivity index (χ0) is 20.7. The van der Waals surface area contributed by atoms with Crippen LogP contribution in [0.4, 0.5) is 0 Å². The summed E-state index contributed by atoms with van der Waals surface area (Å²) in [5.41, 5.74) is 4.43. The molecule has 1 amide bonds. The minimum atomic E-state index is 0.0872. The third kappa shape index (κ3) is 3.88. The van der Waals surface area contributed by atoms with E-state index in [2.05, 4.69) is 61.6 Å². The fourth-order valence-electron chi connectivity index (χ4n) is 4.42. The van der Waals surface area contributed by atoms with Crippen LogP contribution in [0.1, 0.15) is 17.5 Å². The number of hydrogen-bond donors (Lipinski definition) is 0. The smallest absolute Gasteiger partial charge is 0.259 e. The van der Waals surface area contributed by atoms with Gasteiger partial charge in [0.15, 0.2) is 0 Å². The highest BCUT2D eigenvalue weighted by atomic mass is 127. The molecule has 0 bridgehead atoms. The predicted molar refractivity (Wildman–Crippen MR) is 127 cm³/mol. The number of nitrogens with zero attached hydrogens (tertiary/aromatic N) is 4. The molecule has 3 aliphatic rings. The van der Waals surface area contributed by atoms with Gasteiger partial charge in [-0.2, -0.15) is 0 Å². The first-order valence-electron chi connectivity index (χ1n) is 10.2. The number of benzene rings is 2. The van der Waals surface area contributed by atoms with Crippen LogP contribution in [0.25, 0.3) is 0 Å². The molecule has 2 aromatic carbocycles. The summed E-state index contributed by atoms with van der Waals surface area (Å²) in [7, 11) is 0. The molecule has 5 rings (SSSR count). The normalized spacial score (nSPS) is 19.1. The Morgan fingerprint density at radius 1 is 1.03 bits per heavy atom. The number of halogens is 2. The molecule has 3 aliphatic heterocycles. The van der Waals surface area contributed by atoms with E-state index in [9.17, 15) is 4.79 Å². The fourth-order valence-corrected chi connectivity index (χ4v) is 5.15. The van der Waals surface area contributed by atoms with Crippen molar-refractivity contribution in [2.45, 2.75) is 19.5 Å². The number of carbonyl (C=O) groups excluding carboxylic acids is 1. The molecule has 0 saturated carbocycles. The van der Waals surface area contributed by atoms with Crippen molar-refractivity contribution in [3.8, 4) is 0 Å². The van der Waals surface area contributed by atoms with Gasteiger partial charge in [-0.05, 0) is 58.0 Å². The van der Waals surface area contributed by atoms with Crippen LogP contribution in [-0.4, -0.2) is 52.7 Å². The Hall–Kier alpha value is -1.90. The molecule has 154 valence electrons. The van der Waals surface area contributed by atoms with Gasteiger partial charge < -0.3 is 4.90 Å². The van der Waals surface area contributed by atoms with Gasteiger partial charge in [0.25, 0.3) is 5.91 Å². The maximum absolute atomic E-state index is 13.5. The van der Waals surface area contributed by atoms with Gasteiger partial charge >= 0.3 is 0 Å². The molecule has 0 aliphatic carbocycles. The van der Waals surface area contributed by atoms with E-state index in [1.807, 2.05) is 29.2 Å². The van der Waals surface area contributed by atoms with Gasteiger partial charge in [-0.25, -0.2) is 0 Å². The van der Waals surface area contributed by atoms with Crippen molar-refractivity contribution >= 4 is 46.1 Å². The van der Waals surface area contributed by atoms with Crippen LogP contribution in [0.3, 0.4) is 0 Å². The number of aliphatic imine (C=N–C) groups is 1. The van der Waals surface area contributed by atoms with Gasteiger partial charge in [-0.1, -0.05) is 35.9 Å². The molecule has 7 heteroatoms. The minimum Gasteiger partial charge on any atom is -0.314 e. The lowest BCUT2D eigenvalue weighted by Gasteiger charge is -2.42. The number of hydrogen-bond acceptors (Lipinski definition) is 4. The lowest BCUT2D eigenvalue weighted by molar-refractivity contribution is -0.125. The highest BCUT2D eigenvalue weighted by Gasteiger charge is 2.40. The molecule has 0 saturated heterocycles. The average Bonchev–Trinajstić information content (AvgIpc) is 3.22. The number of carbonyl (C=O) groups is 1. The van der Waals surface area contributed by atoms with Gasteiger partial charge in [0.05, 0.1) is 18.7 Å². The van der Waals surface area contributed by atoms with Crippen molar-refractivity contribution in [3.63, 3.8) is 0 Å². The van der Waals surface area contributed by atoms with Gasteiger partial charge in [0.2, 0.25) is 5.96 Å². The molecule has 2 aromatic rings. The zero-order valence-electron chi connectivity index (χ0n) is 16.5. The second-order valence-electron chi connectivity index (χ2n) is 7.87. The highest BCUT2D eigenvalue weighted by Crippen LogP contribution is 2.32. The first-order valence-corrected chi connectivity index (χ1v) is 11.6. The SMILES string of the molecule is O=C1C2=C(CCN(Cc3cccc(I)c3)C2)N2CCN=C2N1Cc1ccc(Cl)cc1. The maximum atomic E-state index is 13.5. The number of fused-ring (bicyclic) bond motifs is 2. The van der Waals surface area contributed by atoms with Gasteiger partial charge in [-0.15, -0.1) is 0 Å². The molecule has 0 unspecified atom stereocenters. The van der Waals surface area contributed by atoms with Crippen molar-refractivity contribution in [2.24, 2.45) is 4.99 Å². The fraction of sp³-hybridized carbons (Fsp3) is 0.304. The van der Waals surface area contributed by atoms with E-state index < -0.39 is 0 Å². The highest BCUT2D eigenvalue weighted by molar-refractivity contribution is 14.1. The summed E-state index contributed by atoms with van der Waals surface area (Å²) in [6.07, 6.45) is 0.888. The first kappa shape index (κ1) is 20.0. The van der Waals surface area contributed by atoms with E-state index in [0.29, 0.717) is 18.1 Å². The summed E-state index contributed by atoms with van der Waals surface area (Å²) in [5, 5.41) is 0.701. The average molecular weight is 533 g/mol. The zero-order valence-corrected chi connectivity index (χ0v) is 19.4. The minimum absolute atomic E-state index is 0.0872. The summed E-state index contributed by atoms with van der Waals surface area (Å²) in [5.74, 6) is 0.893. The van der Waals surface area contributed by atoms with Gasteiger partial charge in [0, 0.05) is 46.9 Å². The van der Waals surface area contributed by atoms with Crippen LogP contribution in [-0.2, 0) is 17.9 Å². The van der Waals surface area contributed by atoms with Crippen LogP contribution in [0.2, 0.25) is 5.02 Å². The molecule has 5 nitrogen and oxygen atoms in total. The van der Waals surface area contributed by atoms with Gasteiger partial charge in [-0.3, -0.25) is 19.6 Å². The van der Waals surface area contributed by atoms with Crippen molar-refractivity contribution in [3.05, 3.63) is 79.5 Å². The Morgan fingerprint density at radius 3 is 2.67 bits per heavy atom. The van der Waals surface area contributed by atoms with Crippen molar-refractivity contribution in [1.82, 2.24) is 14.7 Å². The number of amides is 1. The molecule has 30 heavy (non-hydrogen) atoms. The lowest BCUT2D eigenvalue weighted by atomic mass is 10.00. The topological polar surface area (TPSA) is 39.2 Å². The lowest BCUT2D eigenvalue weighted by Crippen LogP contribution is -2.53. The molecule has 0 spiro atoms. The molecule has 0 N–H and O–H groups in total. The largest absolute Gasteiger partial charge is 0.314 e. The quantitative estimate of drug-likeness (QED) is 0.556. The van der Waals surface area contributed by atoms with E-state index in [0.717, 1.165) is 49.7 Å². The molecule has 0 fully saturated rings. The first-order chi connectivity index (χ1) is 14.6. The van der Waals surface area contributed by atoms with E-state index in [1.165, 1.54) is 14.8 Å². The van der Waals surface area contributed by atoms with Crippen molar-refractivity contribution < 1.29 is 4.79 Å². The number of rotatable bonds is 4. The van der Waals surface area contributed by atoms with Crippen LogP contribution in [0, 0.1) is 3.57 Å². The van der Waals surface area contributed by atoms with Crippen molar-refractivity contribution in [1.29, 1.82) is 0 Å². The van der Waals surface area contributed by atoms with E-state index in [1.54, 1.807) is 0 Å². The van der Waals surface area contributed by atoms with Crippen LogP contribution in [0.15, 0.2) is 64.8 Å². The van der Waals surface area contributed by atoms with Crippen LogP contribution in [0.5, 0.6) is 0 Å². The Kier molecular flexibility index (Phi) is 5.56. The second-order valence-corrected chi connectivity index (χ2v) is 9.55. The molecule has 0 radical (unpaired) electrons. The monoisotopic (exact) mass is 532 g/mol. The Labute approximate surface area is 195 Å². The molecular weight excluding hydrogens is 511 g/mol. The van der Waals surface area contributed by atoms with E-state index in [-0.39, 0.29) is 5.91 Å². The second kappa shape index (κ2) is 8.32. The molecule has 0 atom stereocenters. The Balaban J connectivity index is 1.39. The maximum Gasteiger partial charge on any atom is 0.259 e. The summed E-state index contributed by atoms with van der Waals surface area (Å²) < 4.78 is 1.24. The summed E-state index contributed by atoms with van der Waals surface area (Å²) >= 11 is 8.38. The summed E-state index contributed by atoms with van der Waals surface area (Å²) in [4.78, 5) is 24.7. The third-order valence-corrected chi connectivity index (χ3v) is 6.76. The molecule has 0 aromatic heterocycles. The van der Waals surface area contributed by atoms with Crippen LogP contribution < -0.4 is 0 Å². The summed E-state index contributed by atoms with van der Waals surface area (Å²) in [6.45, 7) is 4.61. The molecule has 3 heterocycles. The van der Waals surface area contributed by atoms with Crippen LogP contribution >= 0.6 is 34.2 Å². The number of guanidine groups is 1. The molecular formula is C23H22ClIN4O. The van der Waals surface area contributed by atoms with E-state index in [4.69, 9.17) is 11.6 Å². The summed E-state index contributed by atoms with van der Waals surface area (Å²) in [6, 6.07) is 16.3. The Bertz CT molecular complexity index is 1050. The van der Waals surface area contributed by atoms with Crippen molar-refractivity contribution in [2.75, 3.05) is 26.2 Å².